The maximum atomic E-state index is 12.8. The van der Waals surface area contributed by atoms with Crippen LogP contribution >= 0.6 is 0 Å². The quantitative estimate of drug-likeness (QED) is 0.661. The fourth-order valence-corrected chi connectivity index (χ4v) is 4.10. The Kier molecular flexibility index (Phi) is 4.51. The molecule has 0 aliphatic carbocycles. The van der Waals surface area contributed by atoms with Gasteiger partial charge in [0.25, 0.3) is 17.7 Å². The first-order valence-electron chi connectivity index (χ1n) is 8.20. The third-order valence-electron chi connectivity index (χ3n) is 4.71. The number of rotatable bonds is 4. The van der Waals surface area contributed by atoms with Crippen molar-refractivity contribution in [3.8, 4) is 0 Å². The average molecular weight is 368 g/mol. The monoisotopic (exact) mass is 368 g/mol. The number of nitrogens with one attached hydrogen (secondary N) is 1. The molecule has 3 rings (SSSR count). The lowest BCUT2D eigenvalue weighted by Crippen LogP contribution is -2.43. The molecular formula is C19H20N2O4Si. The van der Waals surface area contributed by atoms with Crippen molar-refractivity contribution in [3.63, 3.8) is 0 Å². The molecule has 2 aromatic carbocycles. The largest absolute Gasteiger partial charge is 0.416 e. The molecule has 0 aromatic heterocycles. The summed E-state index contributed by atoms with van der Waals surface area (Å²) in [6, 6.07) is 11.8. The first-order chi connectivity index (χ1) is 12.3. The summed E-state index contributed by atoms with van der Waals surface area (Å²) >= 11 is 0. The fourth-order valence-electron chi connectivity index (χ4n) is 2.89. The van der Waals surface area contributed by atoms with Crippen LogP contribution in [0, 0.1) is 0 Å². The minimum atomic E-state index is -1.97. The highest BCUT2D eigenvalue weighted by Gasteiger charge is 2.37. The lowest BCUT2D eigenvalue weighted by Gasteiger charge is -2.21. The Morgan fingerprint density at radius 1 is 1.00 bits per heavy atom. The molecule has 134 valence electrons. The van der Waals surface area contributed by atoms with Crippen LogP contribution in [0.4, 0.5) is 5.69 Å². The zero-order valence-electron chi connectivity index (χ0n) is 15.1. The van der Waals surface area contributed by atoms with Crippen LogP contribution < -0.4 is 15.4 Å². The van der Waals surface area contributed by atoms with Crippen LogP contribution in [0.15, 0.2) is 42.5 Å². The lowest BCUT2D eigenvalue weighted by atomic mass is 10.1. The third kappa shape index (κ3) is 2.85. The number of anilines is 1. The Morgan fingerprint density at radius 3 is 2.19 bits per heavy atom. The average Bonchev–Trinajstić information content (AvgIpc) is 2.91. The minimum absolute atomic E-state index is 0.242. The zero-order chi connectivity index (χ0) is 19.1. The van der Waals surface area contributed by atoms with Crippen LogP contribution in [0.3, 0.4) is 0 Å². The van der Waals surface area contributed by atoms with Crippen LogP contribution in [0.2, 0.25) is 13.1 Å². The van der Waals surface area contributed by atoms with E-state index in [1.807, 2.05) is 12.1 Å². The van der Waals surface area contributed by atoms with E-state index in [1.54, 1.807) is 25.3 Å². The van der Waals surface area contributed by atoms with Gasteiger partial charge in [0.05, 0.1) is 16.8 Å². The lowest BCUT2D eigenvalue weighted by molar-refractivity contribution is 0.0924. The normalized spacial score (nSPS) is 13.8. The number of carbonyl (C=O) groups is 3. The van der Waals surface area contributed by atoms with Gasteiger partial charge in [-0.15, -0.1) is 0 Å². The van der Waals surface area contributed by atoms with E-state index in [4.69, 9.17) is 4.43 Å². The van der Waals surface area contributed by atoms with Gasteiger partial charge in [-0.05, 0) is 48.6 Å². The molecule has 2 aromatic rings. The number of imide groups is 1. The van der Waals surface area contributed by atoms with E-state index >= 15 is 0 Å². The van der Waals surface area contributed by atoms with Gasteiger partial charge in [0.2, 0.25) is 8.32 Å². The van der Waals surface area contributed by atoms with Crippen molar-refractivity contribution in [2.45, 2.75) is 13.1 Å². The molecule has 0 fully saturated rings. The fraction of sp³-hybridized carbons (Fsp3) is 0.211. The maximum Gasteiger partial charge on any atom is 0.266 e. The Hall–Kier alpha value is -2.77. The molecule has 1 heterocycles. The second kappa shape index (κ2) is 6.51. The van der Waals surface area contributed by atoms with Crippen molar-refractivity contribution in [3.05, 3.63) is 59.2 Å². The van der Waals surface area contributed by atoms with Crippen LogP contribution in [-0.2, 0) is 4.43 Å². The molecule has 0 unspecified atom stereocenters. The number of benzene rings is 2. The maximum absolute atomic E-state index is 12.8. The zero-order valence-corrected chi connectivity index (χ0v) is 16.1. The van der Waals surface area contributed by atoms with Crippen molar-refractivity contribution < 1.29 is 18.8 Å². The minimum Gasteiger partial charge on any atom is -0.416 e. The standard InChI is InChI=1S/C19H20N2O4Si/c1-20-17(22)12-5-10-15-16(11-12)19(24)21(18(15)23)13-6-8-14(9-7-13)26(3,4)25-2/h5-11H,1-4H3,(H,20,22). The van der Waals surface area contributed by atoms with Gasteiger partial charge in [0, 0.05) is 19.7 Å². The molecule has 7 heteroatoms. The summed E-state index contributed by atoms with van der Waals surface area (Å²) in [6.07, 6.45) is 0. The molecule has 1 aliphatic heterocycles. The Morgan fingerprint density at radius 2 is 1.62 bits per heavy atom. The molecule has 1 N–H and O–H groups in total. The number of hydrogen-bond donors (Lipinski definition) is 1. The Balaban J connectivity index is 1.96. The van der Waals surface area contributed by atoms with Crippen LogP contribution in [0.5, 0.6) is 0 Å². The molecular weight excluding hydrogens is 348 g/mol. The predicted molar refractivity (Wildman–Crippen MR) is 102 cm³/mol. The van der Waals surface area contributed by atoms with Crippen LogP contribution in [0.1, 0.15) is 31.1 Å². The number of amides is 3. The van der Waals surface area contributed by atoms with Gasteiger partial charge in [0.1, 0.15) is 0 Å². The van der Waals surface area contributed by atoms with Gasteiger partial charge in [-0.1, -0.05) is 12.1 Å². The van der Waals surface area contributed by atoms with Crippen molar-refractivity contribution in [2.75, 3.05) is 19.1 Å². The number of nitrogens with zero attached hydrogens (tertiary/aromatic N) is 1. The van der Waals surface area contributed by atoms with E-state index in [9.17, 15) is 14.4 Å². The first kappa shape index (κ1) is 18.0. The molecule has 0 bridgehead atoms. The van der Waals surface area contributed by atoms with Crippen molar-refractivity contribution >= 4 is 36.9 Å². The Bertz CT molecular complexity index is 906. The van der Waals surface area contributed by atoms with Crippen molar-refractivity contribution in [1.29, 1.82) is 0 Å². The second-order valence-electron chi connectivity index (χ2n) is 6.55. The molecule has 0 spiro atoms. The Labute approximate surface area is 152 Å². The van der Waals surface area contributed by atoms with E-state index in [2.05, 4.69) is 18.4 Å². The molecule has 0 radical (unpaired) electrons. The highest BCUT2D eigenvalue weighted by Crippen LogP contribution is 2.29. The summed E-state index contributed by atoms with van der Waals surface area (Å²) < 4.78 is 5.58. The SMILES string of the molecule is CNC(=O)c1ccc2c(c1)C(=O)N(c1ccc([Si](C)(C)OC)cc1)C2=O. The molecule has 1 aliphatic rings. The van der Waals surface area contributed by atoms with Gasteiger partial charge in [-0.3, -0.25) is 14.4 Å². The smallest absolute Gasteiger partial charge is 0.266 e. The molecule has 26 heavy (non-hydrogen) atoms. The van der Waals surface area contributed by atoms with Crippen molar-refractivity contribution in [1.82, 2.24) is 5.32 Å². The van der Waals surface area contributed by atoms with E-state index in [0.29, 0.717) is 16.8 Å². The van der Waals surface area contributed by atoms with Gasteiger partial charge >= 0.3 is 0 Å². The number of carbonyl (C=O) groups excluding carboxylic acids is 3. The van der Waals surface area contributed by atoms with E-state index in [0.717, 1.165) is 10.1 Å². The second-order valence-corrected chi connectivity index (χ2v) is 10.6. The summed E-state index contributed by atoms with van der Waals surface area (Å²) in [6.45, 7) is 4.15. The highest BCUT2D eigenvalue weighted by molar-refractivity contribution is 6.84. The summed E-state index contributed by atoms with van der Waals surface area (Å²) in [5, 5.41) is 3.58. The van der Waals surface area contributed by atoms with Crippen LogP contribution in [-0.4, -0.2) is 40.2 Å². The van der Waals surface area contributed by atoms with Gasteiger partial charge in [-0.2, -0.15) is 0 Å². The molecule has 0 saturated heterocycles. The molecule has 0 atom stereocenters. The summed E-state index contributed by atoms with van der Waals surface area (Å²) in [4.78, 5) is 38.4. The van der Waals surface area contributed by atoms with Gasteiger partial charge < -0.3 is 9.74 Å². The van der Waals surface area contributed by atoms with Gasteiger partial charge in [0.15, 0.2) is 0 Å². The molecule has 3 amide bonds. The predicted octanol–water partition coefficient (Wildman–Crippen LogP) is 1.91. The third-order valence-corrected chi connectivity index (χ3v) is 7.45. The van der Waals surface area contributed by atoms with E-state index < -0.39 is 14.2 Å². The topological polar surface area (TPSA) is 75.7 Å². The summed E-state index contributed by atoms with van der Waals surface area (Å²) in [5.41, 5.74) is 1.39. The number of fused-ring (bicyclic) bond motifs is 1. The van der Waals surface area contributed by atoms with E-state index in [1.165, 1.54) is 19.2 Å². The first-order valence-corrected chi connectivity index (χ1v) is 11.1. The molecule has 6 nitrogen and oxygen atoms in total. The summed E-state index contributed by atoms with van der Waals surface area (Å²) in [7, 11) is 1.23. The summed E-state index contributed by atoms with van der Waals surface area (Å²) in [5.74, 6) is -1.11. The van der Waals surface area contributed by atoms with E-state index in [-0.39, 0.29) is 17.4 Å². The van der Waals surface area contributed by atoms with Gasteiger partial charge in [-0.25, -0.2) is 4.90 Å². The number of hydrogen-bond acceptors (Lipinski definition) is 4. The molecule has 0 saturated carbocycles. The van der Waals surface area contributed by atoms with Crippen molar-refractivity contribution in [2.24, 2.45) is 0 Å². The van der Waals surface area contributed by atoms with Crippen LogP contribution in [0.25, 0.3) is 0 Å². The highest BCUT2D eigenvalue weighted by atomic mass is 28.4.